The SMILES string of the molecule is CCC=C(c1ccc(O)cc1)[c-]1cccc1.[Fe].[cH-]1[cH-][cH-][cH-][cH-]1. The molecule has 0 aliphatic carbocycles. The van der Waals surface area contributed by atoms with E-state index in [9.17, 15) is 5.11 Å². The molecule has 0 fully saturated rings. The van der Waals surface area contributed by atoms with Gasteiger partial charge in [0.1, 0.15) is 5.75 Å². The third-order valence-electron chi connectivity index (χ3n) is 3.12. The Hall–Kier alpha value is -2.02. The number of rotatable bonds is 3. The van der Waals surface area contributed by atoms with Crippen molar-refractivity contribution in [3.8, 4) is 5.75 Å². The summed E-state index contributed by atoms with van der Waals surface area (Å²) in [6.45, 7) is 2.13. The first kappa shape index (κ1) is 18.0. The van der Waals surface area contributed by atoms with Crippen LogP contribution in [0.5, 0.6) is 5.75 Å². The summed E-state index contributed by atoms with van der Waals surface area (Å²) in [4.78, 5) is 0. The Balaban J connectivity index is 0.000000344. The zero-order valence-electron chi connectivity index (χ0n) is 12.6. The summed E-state index contributed by atoms with van der Waals surface area (Å²) in [5.74, 6) is 0.308. The van der Waals surface area contributed by atoms with Gasteiger partial charge in [0, 0.05) is 17.1 Å². The second-order valence-corrected chi connectivity index (χ2v) is 4.71. The molecule has 0 aromatic heterocycles. The van der Waals surface area contributed by atoms with Crippen LogP contribution in [0.4, 0.5) is 0 Å². The molecule has 0 saturated heterocycles. The van der Waals surface area contributed by atoms with Crippen LogP contribution >= 0.6 is 0 Å². The summed E-state index contributed by atoms with van der Waals surface area (Å²) in [5.41, 5.74) is 3.60. The van der Waals surface area contributed by atoms with E-state index in [1.807, 2.05) is 54.6 Å². The average molecular weight is 332 g/mol. The van der Waals surface area contributed by atoms with Crippen LogP contribution in [-0.2, 0) is 17.1 Å². The van der Waals surface area contributed by atoms with Gasteiger partial charge in [-0.15, -0.1) is 23.8 Å². The first-order chi connectivity index (χ1) is 10.3. The number of hydrogen-bond donors (Lipinski definition) is 1. The Morgan fingerprint density at radius 1 is 1.00 bits per heavy atom. The molecule has 0 atom stereocenters. The van der Waals surface area contributed by atoms with Gasteiger partial charge < -0.3 is 35.4 Å². The molecule has 0 saturated carbocycles. The zero-order chi connectivity index (χ0) is 14.9. The molecule has 0 bridgehead atoms. The van der Waals surface area contributed by atoms with Gasteiger partial charge in [0.2, 0.25) is 0 Å². The van der Waals surface area contributed by atoms with Gasteiger partial charge in [-0.3, -0.25) is 0 Å². The minimum absolute atomic E-state index is 0. The summed E-state index contributed by atoms with van der Waals surface area (Å²) < 4.78 is 0. The van der Waals surface area contributed by atoms with Crippen LogP contribution in [0.1, 0.15) is 24.5 Å². The Morgan fingerprint density at radius 3 is 1.95 bits per heavy atom. The van der Waals surface area contributed by atoms with Crippen molar-refractivity contribution in [1.29, 1.82) is 0 Å². The maximum absolute atomic E-state index is 9.28. The molecule has 1 nitrogen and oxygen atoms in total. The van der Waals surface area contributed by atoms with Crippen molar-refractivity contribution in [2.45, 2.75) is 13.3 Å². The molecule has 0 unspecified atom stereocenters. The van der Waals surface area contributed by atoms with Gasteiger partial charge in [0.25, 0.3) is 0 Å². The van der Waals surface area contributed by atoms with Crippen molar-refractivity contribution in [1.82, 2.24) is 0 Å². The van der Waals surface area contributed by atoms with Gasteiger partial charge in [-0.1, -0.05) is 36.6 Å². The van der Waals surface area contributed by atoms with Gasteiger partial charge in [0.15, 0.2) is 0 Å². The monoisotopic (exact) mass is 332 g/mol. The second kappa shape index (κ2) is 9.83. The molecule has 1 N–H and O–H groups in total. The summed E-state index contributed by atoms with van der Waals surface area (Å²) in [7, 11) is 0. The maximum Gasteiger partial charge on any atom is 0.114 e. The fourth-order valence-corrected chi connectivity index (χ4v) is 2.12. The van der Waals surface area contributed by atoms with E-state index in [2.05, 4.69) is 25.1 Å². The van der Waals surface area contributed by atoms with E-state index in [1.165, 1.54) is 11.1 Å². The molecule has 22 heavy (non-hydrogen) atoms. The number of hydrogen-bond acceptors (Lipinski definition) is 1. The summed E-state index contributed by atoms with van der Waals surface area (Å²) in [6.07, 6.45) is 3.21. The number of phenolic OH excluding ortho intramolecular Hbond substituents is 1. The van der Waals surface area contributed by atoms with Gasteiger partial charge >= 0.3 is 0 Å². The minimum Gasteiger partial charge on any atom is -0.748 e. The molecule has 3 rings (SSSR count). The van der Waals surface area contributed by atoms with Crippen LogP contribution in [0.25, 0.3) is 5.57 Å². The minimum atomic E-state index is 0. The van der Waals surface area contributed by atoms with Crippen molar-refractivity contribution >= 4 is 5.57 Å². The largest absolute Gasteiger partial charge is 0.748 e. The number of phenols is 1. The van der Waals surface area contributed by atoms with Crippen LogP contribution in [0.15, 0.2) is 84.9 Å². The van der Waals surface area contributed by atoms with Crippen LogP contribution in [0.2, 0.25) is 0 Å². The third kappa shape index (κ3) is 5.40. The Kier molecular flexibility index (Phi) is 8.06. The molecule has 2 heteroatoms. The van der Waals surface area contributed by atoms with Crippen molar-refractivity contribution in [3.63, 3.8) is 0 Å². The molecular weight excluding hydrogens is 312 g/mol. The van der Waals surface area contributed by atoms with Crippen LogP contribution in [0.3, 0.4) is 0 Å². The van der Waals surface area contributed by atoms with Crippen LogP contribution in [0, 0.1) is 0 Å². The average Bonchev–Trinajstić information content (AvgIpc) is 3.21. The van der Waals surface area contributed by atoms with Gasteiger partial charge in [0.05, 0.1) is 0 Å². The molecule has 0 radical (unpaired) electrons. The van der Waals surface area contributed by atoms with Gasteiger partial charge in [-0.2, -0.15) is 12.1 Å². The fourth-order valence-electron chi connectivity index (χ4n) is 2.12. The van der Waals surface area contributed by atoms with Gasteiger partial charge in [-0.05, 0) is 12.1 Å². The number of allylic oxidation sites excluding steroid dienone is 1. The Morgan fingerprint density at radius 2 is 1.50 bits per heavy atom. The predicted molar refractivity (Wildman–Crippen MR) is 89.5 cm³/mol. The molecule has 0 spiro atoms. The summed E-state index contributed by atoms with van der Waals surface area (Å²) >= 11 is 0. The third-order valence-corrected chi connectivity index (χ3v) is 3.12. The standard InChI is InChI=1S/C15H15O.C5H5.Fe/c1-2-5-15(12-6-3-4-7-12)13-8-10-14(16)11-9-13;1-2-4-5-3-1;/h3-11,16H,2H2,1H3;1-5H;/q-1;-5;. The van der Waals surface area contributed by atoms with Crippen molar-refractivity contribution in [2.24, 2.45) is 0 Å². The van der Waals surface area contributed by atoms with E-state index in [4.69, 9.17) is 0 Å². The van der Waals surface area contributed by atoms with E-state index in [1.54, 1.807) is 12.1 Å². The van der Waals surface area contributed by atoms with Gasteiger partial charge in [-0.25, -0.2) is 0 Å². The van der Waals surface area contributed by atoms with Crippen molar-refractivity contribution in [2.75, 3.05) is 0 Å². The van der Waals surface area contributed by atoms with Crippen LogP contribution in [-0.4, -0.2) is 5.11 Å². The second-order valence-electron chi connectivity index (χ2n) is 4.71. The molecule has 3 aromatic rings. The summed E-state index contributed by atoms with van der Waals surface area (Å²) in [5, 5.41) is 9.28. The molecule has 0 aliphatic rings. The van der Waals surface area contributed by atoms with Crippen molar-refractivity contribution < 1.29 is 22.2 Å². The smallest absolute Gasteiger partial charge is 0.114 e. The van der Waals surface area contributed by atoms with E-state index in [-0.39, 0.29) is 17.1 Å². The van der Waals surface area contributed by atoms with E-state index < -0.39 is 0 Å². The topological polar surface area (TPSA) is 20.2 Å². The normalized spacial score (nSPS) is 10.3. The molecule has 0 heterocycles. The maximum atomic E-state index is 9.28. The van der Waals surface area contributed by atoms with Crippen molar-refractivity contribution in [3.05, 3.63) is 96.1 Å². The van der Waals surface area contributed by atoms with E-state index >= 15 is 0 Å². The first-order valence-corrected chi connectivity index (χ1v) is 7.19. The Bertz CT molecular complexity index is 614. The molecular formula is C20H20FeO-6. The fraction of sp³-hybridized carbons (Fsp3) is 0.100. The Labute approximate surface area is 143 Å². The quantitative estimate of drug-likeness (QED) is 0.506. The molecule has 3 aromatic carbocycles. The van der Waals surface area contributed by atoms with E-state index in [0.29, 0.717) is 5.75 Å². The first-order valence-electron chi connectivity index (χ1n) is 7.19. The predicted octanol–water partition coefficient (Wildman–Crippen LogP) is 5.36. The number of benzene rings is 1. The molecule has 120 valence electrons. The number of aromatic hydroxyl groups is 1. The molecule has 0 aliphatic heterocycles. The van der Waals surface area contributed by atoms with E-state index in [0.717, 1.165) is 12.0 Å². The zero-order valence-corrected chi connectivity index (χ0v) is 13.7. The van der Waals surface area contributed by atoms with Crippen LogP contribution < -0.4 is 0 Å². The molecule has 0 amide bonds. The summed E-state index contributed by atoms with van der Waals surface area (Å²) in [6, 6.07) is 25.6.